The van der Waals surface area contributed by atoms with E-state index in [1.54, 1.807) is 0 Å². The molecule has 5 nitrogen and oxygen atoms in total. The second-order valence-electron chi connectivity index (χ2n) is 6.82. The summed E-state index contributed by atoms with van der Waals surface area (Å²) in [6.45, 7) is 2.60. The van der Waals surface area contributed by atoms with Gasteiger partial charge in [0, 0.05) is 16.9 Å². The van der Waals surface area contributed by atoms with Crippen LogP contribution in [-0.4, -0.2) is 26.3 Å². The zero-order valence-electron chi connectivity index (χ0n) is 16.7. The summed E-state index contributed by atoms with van der Waals surface area (Å²) in [6.07, 6.45) is 0. The number of hydrogen-bond donors (Lipinski definition) is 1. The molecule has 3 aromatic carbocycles. The van der Waals surface area contributed by atoms with Crippen LogP contribution in [0.3, 0.4) is 0 Å². The Bertz CT molecular complexity index is 1130. The van der Waals surface area contributed by atoms with Gasteiger partial charge in [-0.2, -0.15) is 0 Å². The summed E-state index contributed by atoms with van der Waals surface area (Å²) in [5, 5.41) is 12.9. The first-order valence-corrected chi connectivity index (χ1v) is 10.7. The van der Waals surface area contributed by atoms with E-state index >= 15 is 0 Å². The Kier molecular flexibility index (Phi) is 6.25. The van der Waals surface area contributed by atoms with Crippen LogP contribution in [0.5, 0.6) is 0 Å². The summed E-state index contributed by atoms with van der Waals surface area (Å²) in [4.78, 5) is 12.5. The van der Waals surface area contributed by atoms with Gasteiger partial charge in [-0.15, -0.1) is 10.2 Å². The fraction of sp³-hybridized carbons (Fsp3) is 0.125. The molecule has 0 amide bonds. The zero-order valence-corrected chi connectivity index (χ0v) is 17.5. The predicted molar refractivity (Wildman–Crippen MR) is 121 cm³/mol. The maximum absolute atomic E-state index is 12.5. The molecule has 0 saturated heterocycles. The van der Waals surface area contributed by atoms with Crippen molar-refractivity contribution in [3.05, 3.63) is 102 Å². The lowest BCUT2D eigenvalue weighted by Crippen LogP contribution is -2.09. The second kappa shape index (κ2) is 9.41. The Balaban J connectivity index is 1.56. The summed E-state index contributed by atoms with van der Waals surface area (Å²) in [5.41, 5.74) is 3.91. The summed E-state index contributed by atoms with van der Waals surface area (Å²) in [5.74, 6) is 1.17. The predicted octanol–water partition coefficient (Wildman–Crippen LogP) is 5.16. The van der Waals surface area contributed by atoms with Crippen molar-refractivity contribution in [3.8, 4) is 5.69 Å². The van der Waals surface area contributed by atoms with E-state index in [1.807, 2.05) is 83.4 Å². The molecule has 4 aromatic rings. The third-order valence-electron chi connectivity index (χ3n) is 4.72. The minimum atomic E-state index is 0.0720. The Morgan fingerprint density at radius 2 is 1.57 bits per heavy atom. The number of nitrogens with one attached hydrogen (secondary N) is 1. The van der Waals surface area contributed by atoms with Gasteiger partial charge in [-0.1, -0.05) is 78.5 Å². The molecule has 1 aromatic heterocycles. The molecule has 0 saturated carbocycles. The van der Waals surface area contributed by atoms with Crippen molar-refractivity contribution in [2.75, 3.05) is 11.1 Å². The zero-order chi connectivity index (χ0) is 20.8. The highest BCUT2D eigenvalue weighted by molar-refractivity contribution is 7.99. The number of aryl methyl sites for hydroxylation is 1. The van der Waals surface area contributed by atoms with Crippen molar-refractivity contribution in [1.82, 2.24) is 14.8 Å². The number of nitrogens with zero attached hydrogens (tertiary/aromatic N) is 3. The molecule has 0 bridgehead atoms. The Morgan fingerprint density at radius 1 is 0.900 bits per heavy atom. The number of rotatable bonds is 8. The highest BCUT2D eigenvalue weighted by atomic mass is 32.2. The molecule has 4 rings (SSSR count). The van der Waals surface area contributed by atoms with E-state index in [2.05, 4.69) is 28.5 Å². The number of Topliss-reactive ketones (excluding diaryl/α,β-unsaturated/α-hetero) is 1. The monoisotopic (exact) mass is 414 g/mol. The molecule has 1 heterocycles. The van der Waals surface area contributed by atoms with Crippen LogP contribution in [0.15, 0.2) is 90.1 Å². The van der Waals surface area contributed by atoms with Crippen LogP contribution in [0.2, 0.25) is 0 Å². The van der Waals surface area contributed by atoms with Gasteiger partial charge in [0.15, 0.2) is 16.8 Å². The largest absolute Gasteiger partial charge is 0.378 e. The van der Waals surface area contributed by atoms with Crippen LogP contribution in [-0.2, 0) is 6.54 Å². The van der Waals surface area contributed by atoms with Gasteiger partial charge in [-0.25, -0.2) is 0 Å². The number of ketones is 1. The minimum Gasteiger partial charge on any atom is -0.378 e. The molecule has 1 N–H and O–H groups in total. The standard InChI is InChI=1S/C24H22N4OS/c1-18-10-8-9-15-21(18)25-16-23-26-27-24(28(23)20-13-6-3-7-14-20)30-17-22(29)19-11-4-2-5-12-19/h2-15,25H,16-17H2,1H3. The molecule has 30 heavy (non-hydrogen) atoms. The quantitative estimate of drug-likeness (QED) is 0.319. The Labute approximate surface area is 180 Å². The fourth-order valence-corrected chi connectivity index (χ4v) is 3.99. The van der Waals surface area contributed by atoms with Gasteiger partial charge in [-0.3, -0.25) is 9.36 Å². The lowest BCUT2D eigenvalue weighted by Gasteiger charge is -2.12. The normalized spacial score (nSPS) is 10.7. The Morgan fingerprint density at radius 3 is 2.30 bits per heavy atom. The molecule has 0 fully saturated rings. The molecule has 150 valence electrons. The lowest BCUT2D eigenvalue weighted by molar-refractivity contribution is 0.102. The number of anilines is 1. The lowest BCUT2D eigenvalue weighted by atomic mass is 10.2. The van der Waals surface area contributed by atoms with E-state index in [1.165, 1.54) is 17.3 Å². The van der Waals surface area contributed by atoms with Crippen molar-refractivity contribution < 1.29 is 4.79 Å². The number of aromatic nitrogens is 3. The minimum absolute atomic E-state index is 0.0720. The van der Waals surface area contributed by atoms with Gasteiger partial charge < -0.3 is 5.32 Å². The van der Waals surface area contributed by atoms with Crippen LogP contribution >= 0.6 is 11.8 Å². The number of para-hydroxylation sites is 2. The van der Waals surface area contributed by atoms with E-state index in [9.17, 15) is 4.79 Å². The van der Waals surface area contributed by atoms with Crippen molar-refractivity contribution >= 4 is 23.2 Å². The van der Waals surface area contributed by atoms with E-state index < -0.39 is 0 Å². The van der Waals surface area contributed by atoms with Gasteiger partial charge in [0.25, 0.3) is 0 Å². The maximum Gasteiger partial charge on any atom is 0.196 e. The maximum atomic E-state index is 12.5. The number of hydrogen-bond acceptors (Lipinski definition) is 5. The van der Waals surface area contributed by atoms with Crippen LogP contribution in [0.1, 0.15) is 21.7 Å². The average Bonchev–Trinajstić information content (AvgIpc) is 3.21. The second-order valence-corrected chi connectivity index (χ2v) is 7.76. The van der Waals surface area contributed by atoms with Crippen LogP contribution in [0.25, 0.3) is 5.69 Å². The van der Waals surface area contributed by atoms with Gasteiger partial charge in [0.2, 0.25) is 0 Å². The highest BCUT2D eigenvalue weighted by Crippen LogP contribution is 2.24. The van der Waals surface area contributed by atoms with Crippen LogP contribution < -0.4 is 5.32 Å². The SMILES string of the molecule is Cc1ccccc1NCc1nnc(SCC(=O)c2ccccc2)n1-c1ccccc1. The molecule has 0 atom stereocenters. The van der Waals surface area contributed by atoms with E-state index in [0.717, 1.165) is 17.2 Å². The third kappa shape index (κ3) is 4.60. The van der Waals surface area contributed by atoms with Gasteiger partial charge in [0.05, 0.1) is 12.3 Å². The van der Waals surface area contributed by atoms with Crippen LogP contribution in [0.4, 0.5) is 5.69 Å². The topological polar surface area (TPSA) is 59.8 Å². The molecule has 0 spiro atoms. The highest BCUT2D eigenvalue weighted by Gasteiger charge is 2.16. The van der Waals surface area contributed by atoms with Crippen molar-refractivity contribution in [2.24, 2.45) is 0 Å². The molecular weight excluding hydrogens is 392 g/mol. The number of carbonyl (C=O) groups excluding carboxylic acids is 1. The van der Waals surface area contributed by atoms with Crippen molar-refractivity contribution in [1.29, 1.82) is 0 Å². The molecule has 0 aliphatic rings. The first-order valence-electron chi connectivity index (χ1n) is 9.72. The summed E-state index contributed by atoms with van der Waals surface area (Å²) >= 11 is 1.40. The van der Waals surface area contributed by atoms with Crippen molar-refractivity contribution in [3.63, 3.8) is 0 Å². The van der Waals surface area contributed by atoms with E-state index in [-0.39, 0.29) is 5.78 Å². The number of carbonyl (C=O) groups is 1. The summed E-state index contributed by atoms with van der Waals surface area (Å²) in [6, 6.07) is 27.5. The number of thioether (sulfide) groups is 1. The third-order valence-corrected chi connectivity index (χ3v) is 5.65. The van der Waals surface area contributed by atoms with E-state index in [0.29, 0.717) is 23.0 Å². The summed E-state index contributed by atoms with van der Waals surface area (Å²) in [7, 11) is 0. The number of benzene rings is 3. The molecule has 0 radical (unpaired) electrons. The van der Waals surface area contributed by atoms with Crippen molar-refractivity contribution in [2.45, 2.75) is 18.6 Å². The molecule has 0 unspecified atom stereocenters. The smallest absolute Gasteiger partial charge is 0.196 e. The van der Waals surface area contributed by atoms with E-state index in [4.69, 9.17) is 0 Å². The molecular formula is C24H22N4OS. The molecule has 0 aliphatic carbocycles. The Hall–Kier alpha value is -3.38. The fourth-order valence-electron chi connectivity index (χ4n) is 3.13. The first kappa shape index (κ1) is 19.9. The molecule has 0 aliphatic heterocycles. The van der Waals surface area contributed by atoms with Gasteiger partial charge >= 0.3 is 0 Å². The van der Waals surface area contributed by atoms with Crippen LogP contribution in [0, 0.1) is 6.92 Å². The first-order chi connectivity index (χ1) is 14.7. The summed E-state index contributed by atoms with van der Waals surface area (Å²) < 4.78 is 2.01. The van der Waals surface area contributed by atoms with Gasteiger partial charge in [-0.05, 0) is 30.7 Å². The average molecular weight is 415 g/mol. The van der Waals surface area contributed by atoms with Gasteiger partial charge in [0.1, 0.15) is 0 Å². The molecule has 6 heteroatoms.